The van der Waals surface area contributed by atoms with E-state index >= 15 is 0 Å². The molecule has 0 radical (unpaired) electrons. The molecule has 0 atom stereocenters. The molecule has 0 spiro atoms. The van der Waals surface area contributed by atoms with Gasteiger partial charge in [0, 0.05) is 0 Å². The Morgan fingerprint density at radius 3 is 2.38 bits per heavy atom. The van der Waals surface area contributed by atoms with Gasteiger partial charge in [0.2, 0.25) is 0 Å². The molecule has 0 aromatic heterocycles. The molecule has 0 nitrogen and oxygen atoms in total. The molecular formula is C9H5F3S. The van der Waals surface area contributed by atoms with Gasteiger partial charge in [0.25, 0.3) is 0 Å². The maximum absolute atomic E-state index is 12.8. The highest BCUT2D eigenvalue weighted by Gasteiger charge is 2.10. The standard InChI is InChI=1S/C9H5F3S/c10-7-3-4-8(11)9(12)6(7)2-1-5-13/h3-4,13H,5H2. The molecule has 68 valence electrons. The van der Waals surface area contributed by atoms with Crippen molar-refractivity contribution >= 4 is 12.6 Å². The van der Waals surface area contributed by atoms with Gasteiger partial charge in [-0.3, -0.25) is 0 Å². The Morgan fingerprint density at radius 2 is 1.77 bits per heavy atom. The summed E-state index contributed by atoms with van der Waals surface area (Å²) in [6.45, 7) is 0. The number of rotatable bonds is 0. The van der Waals surface area contributed by atoms with E-state index in [4.69, 9.17) is 0 Å². The third kappa shape index (κ3) is 2.19. The fraction of sp³-hybridized carbons (Fsp3) is 0.111. The van der Waals surface area contributed by atoms with Crippen molar-refractivity contribution in [2.45, 2.75) is 0 Å². The summed E-state index contributed by atoms with van der Waals surface area (Å²) in [7, 11) is 0. The maximum atomic E-state index is 12.8. The molecule has 0 N–H and O–H groups in total. The van der Waals surface area contributed by atoms with Crippen LogP contribution < -0.4 is 0 Å². The van der Waals surface area contributed by atoms with E-state index in [1.165, 1.54) is 0 Å². The highest BCUT2D eigenvalue weighted by atomic mass is 32.1. The molecule has 13 heavy (non-hydrogen) atoms. The molecule has 0 heterocycles. The average Bonchev–Trinajstić information content (AvgIpc) is 2.12. The summed E-state index contributed by atoms with van der Waals surface area (Å²) in [5.41, 5.74) is -0.547. The van der Waals surface area contributed by atoms with E-state index in [0.29, 0.717) is 0 Å². The lowest BCUT2D eigenvalue weighted by Crippen LogP contribution is -1.93. The van der Waals surface area contributed by atoms with Gasteiger partial charge in [0.15, 0.2) is 11.6 Å². The average molecular weight is 202 g/mol. The van der Waals surface area contributed by atoms with Gasteiger partial charge in [-0.15, -0.1) is 0 Å². The molecule has 1 aromatic rings. The highest BCUT2D eigenvalue weighted by molar-refractivity contribution is 7.80. The van der Waals surface area contributed by atoms with Crippen LogP contribution in [-0.2, 0) is 0 Å². The van der Waals surface area contributed by atoms with Gasteiger partial charge in [0.05, 0.1) is 11.3 Å². The highest BCUT2D eigenvalue weighted by Crippen LogP contribution is 2.14. The maximum Gasteiger partial charge on any atom is 0.177 e. The smallest absolute Gasteiger partial charge is 0.177 e. The van der Waals surface area contributed by atoms with Crippen LogP contribution in [-0.4, -0.2) is 5.75 Å². The van der Waals surface area contributed by atoms with E-state index in [1.807, 2.05) is 0 Å². The molecule has 0 unspecified atom stereocenters. The van der Waals surface area contributed by atoms with E-state index in [2.05, 4.69) is 24.5 Å². The minimum Gasteiger partial charge on any atom is -0.206 e. The van der Waals surface area contributed by atoms with Gasteiger partial charge in [-0.2, -0.15) is 12.6 Å². The Morgan fingerprint density at radius 1 is 1.15 bits per heavy atom. The number of hydrogen-bond donors (Lipinski definition) is 1. The molecule has 0 saturated heterocycles. The van der Waals surface area contributed by atoms with Crippen molar-refractivity contribution in [3.05, 3.63) is 35.1 Å². The molecule has 0 bridgehead atoms. The lowest BCUT2D eigenvalue weighted by atomic mass is 10.2. The second-order valence-electron chi connectivity index (χ2n) is 2.18. The third-order valence-corrected chi connectivity index (χ3v) is 1.49. The zero-order valence-electron chi connectivity index (χ0n) is 6.44. The van der Waals surface area contributed by atoms with Crippen molar-refractivity contribution in [2.24, 2.45) is 0 Å². The van der Waals surface area contributed by atoms with Crippen LogP contribution in [0.15, 0.2) is 12.1 Å². The van der Waals surface area contributed by atoms with Crippen molar-refractivity contribution in [3.8, 4) is 11.8 Å². The van der Waals surface area contributed by atoms with Crippen LogP contribution >= 0.6 is 12.6 Å². The second kappa shape index (κ2) is 4.24. The summed E-state index contributed by atoms with van der Waals surface area (Å²) in [5.74, 6) is 1.43. The Hall–Kier alpha value is -1.08. The van der Waals surface area contributed by atoms with Crippen LogP contribution in [0.2, 0.25) is 0 Å². The van der Waals surface area contributed by atoms with Crippen molar-refractivity contribution in [1.82, 2.24) is 0 Å². The molecule has 0 aliphatic carbocycles. The van der Waals surface area contributed by atoms with Crippen molar-refractivity contribution in [3.63, 3.8) is 0 Å². The van der Waals surface area contributed by atoms with E-state index in [9.17, 15) is 13.2 Å². The quantitative estimate of drug-likeness (QED) is 0.373. The molecule has 0 saturated carbocycles. The first-order chi connectivity index (χ1) is 6.16. The Labute approximate surface area is 79.2 Å². The summed E-state index contributed by atoms with van der Waals surface area (Å²) < 4.78 is 38.2. The minimum atomic E-state index is -1.26. The molecule has 0 amide bonds. The van der Waals surface area contributed by atoms with Crippen LogP contribution in [0.1, 0.15) is 5.56 Å². The molecule has 4 heteroatoms. The van der Waals surface area contributed by atoms with E-state index in [-0.39, 0.29) is 5.75 Å². The summed E-state index contributed by atoms with van der Waals surface area (Å²) in [6, 6.07) is 1.55. The first kappa shape index (κ1) is 10.0. The fourth-order valence-corrected chi connectivity index (χ4v) is 0.849. The van der Waals surface area contributed by atoms with Gasteiger partial charge in [-0.25, -0.2) is 13.2 Å². The molecule has 0 aliphatic heterocycles. The first-order valence-corrected chi connectivity index (χ1v) is 4.03. The predicted molar refractivity (Wildman–Crippen MR) is 47.0 cm³/mol. The number of benzene rings is 1. The largest absolute Gasteiger partial charge is 0.206 e. The van der Waals surface area contributed by atoms with Gasteiger partial charge in [-0.1, -0.05) is 11.8 Å². The van der Waals surface area contributed by atoms with Gasteiger partial charge < -0.3 is 0 Å². The topological polar surface area (TPSA) is 0 Å². The Balaban J connectivity index is 3.25. The van der Waals surface area contributed by atoms with Gasteiger partial charge in [-0.05, 0) is 12.1 Å². The van der Waals surface area contributed by atoms with Crippen molar-refractivity contribution in [2.75, 3.05) is 5.75 Å². The lowest BCUT2D eigenvalue weighted by molar-refractivity contribution is 0.491. The number of halogens is 3. The van der Waals surface area contributed by atoms with Gasteiger partial charge >= 0.3 is 0 Å². The van der Waals surface area contributed by atoms with Crippen molar-refractivity contribution in [1.29, 1.82) is 0 Å². The van der Waals surface area contributed by atoms with Crippen molar-refractivity contribution < 1.29 is 13.2 Å². The molecule has 1 rings (SSSR count). The second-order valence-corrected chi connectivity index (χ2v) is 2.49. The number of thiol groups is 1. The normalized spacial score (nSPS) is 9.23. The SMILES string of the molecule is Fc1ccc(F)c(C#CCS)c1F. The Kier molecular flexibility index (Phi) is 3.26. The minimum absolute atomic E-state index is 0.162. The zero-order chi connectivity index (χ0) is 9.84. The molecule has 0 fully saturated rings. The van der Waals surface area contributed by atoms with E-state index < -0.39 is 23.0 Å². The summed E-state index contributed by atoms with van der Waals surface area (Å²) in [6.07, 6.45) is 0. The molecular weight excluding hydrogens is 197 g/mol. The van der Waals surface area contributed by atoms with Crippen LogP contribution in [0.4, 0.5) is 13.2 Å². The van der Waals surface area contributed by atoms with E-state index in [0.717, 1.165) is 12.1 Å². The fourth-order valence-electron chi connectivity index (χ4n) is 0.770. The number of hydrogen-bond acceptors (Lipinski definition) is 1. The first-order valence-electron chi connectivity index (χ1n) is 3.40. The van der Waals surface area contributed by atoms with Crippen LogP contribution in [0, 0.1) is 29.3 Å². The van der Waals surface area contributed by atoms with Gasteiger partial charge in [0.1, 0.15) is 5.82 Å². The van der Waals surface area contributed by atoms with Crippen LogP contribution in [0.25, 0.3) is 0 Å². The van der Waals surface area contributed by atoms with Crippen LogP contribution in [0.3, 0.4) is 0 Å². The third-order valence-electron chi connectivity index (χ3n) is 1.34. The monoisotopic (exact) mass is 202 g/mol. The summed E-state index contributed by atoms with van der Waals surface area (Å²) >= 11 is 3.73. The zero-order valence-corrected chi connectivity index (χ0v) is 7.34. The Bertz CT molecular complexity index is 376. The van der Waals surface area contributed by atoms with Crippen LogP contribution in [0.5, 0.6) is 0 Å². The molecule has 1 aromatic carbocycles. The summed E-state index contributed by atoms with van der Waals surface area (Å²) in [5, 5.41) is 0. The molecule has 0 aliphatic rings. The lowest BCUT2D eigenvalue weighted by Gasteiger charge is -1.97. The van der Waals surface area contributed by atoms with E-state index in [1.54, 1.807) is 0 Å². The predicted octanol–water partition coefficient (Wildman–Crippen LogP) is 2.39. The summed E-state index contributed by atoms with van der Waals surface area (Å²) in [4.78, 5) is 0.